The number of carbonyl (C=O) groups excluding carboxylic acids is 6. The second-order valence-electron chi connectivity index (χ2n) is 15.4. The summed E-state index contributed by atoms with van der Waals surface area (Å²) in [6.45, 7) is 0.738. The molecular weight excluding hydrogens is 925 g/mol. The van der Waals surface area contributed by atoms with Gasteiger partial charge in [0.1, 0.15) is 39.2 Å². The summed E-state index contributed by atoms with van der Waals surface area (Å²) in [4.78, 5) is 95.0. The zero-order valence-corrected chi connectivity index (χ0v) is 37.2. The van der Waals surface area contributed by atoms with Gasteiger partial charge in [0.25, 0.3) is 35.4 Å². The lowest BCUT2D eigenvalue weighted by atomic mass is 10.1. The Kier molecular flexibility index (Phi) is 13.1. The molecule has 0 saturated heterocycles. The van der Waals surface area contributed by atoms with Gasteiger partial charge in [-0.2, -0.15) is 10.2 Å². The number of amides is 6. The van der Waals surface area contributed by atoms with Gasteiger partial charge in [0.15, 0.2) is 24.5 Å². The maximum atomic E-state index is 12.9. The van der Waals surface area contributed by atoms with E-state index in [1.54, 1.807) is 54.6 Å². The van der Waals surface area contributed by atoms with E-state index in [2.05, 4.69) is 52.1 Å². The molecule has 352 valence electrons. The Balaban J connectivity index is 0.000000174. The van der Waals surface area contributed by atoms with Crippen LogP contribution in [0.5, 0.6) is 11.5 Å². The van der Waals surface area contributed by atoms with Crippen molar-refractivity contribution >= 4 is 75.4 Å². The fourth-order valence-electron chi connectivity index (χ4n) is 7.12. The maximum absolute atomic E-state index is 12.9. The van der Waals surface area contributed by atoms with Gasteiger partial charge in [-0.25, -0.2) is 23.8 Å². The number of nitrogens with one attached hydrogen (secondary N) is 6. The van der Waals surface area contributed by atoms with Crippen molar-refractivity contribution in [2.75, 3.05) is 23.8 Å². The number of carboxylic acids is 1. The SMILES string of the molecule is O=C1COc2ccc(CNC(=O)c3cc(C(=O)NCc4ccc(C(=O)O)s4)n4nccc4n3)cc2N1.O=C1COc2ccc(CNC(=O)c3cc(C(=O)NCc4ccccc4)n4nccc4n3)cc2N1. The monoisotopic (exact) mass is 962 g/mol. The summed E-state index contributed by atoms with van der Waals surface area (Å²) >= 11 is 1.06. The van der Waals surface area contributed by atoms with Crippen LogP contribution in [0.15, 0.2) is 116 Å². The number of ether oxygens (including phenoxy) is 2. The Labute approximate surface area is 399 Å². The predicted octanol–water partition coefficient (Wildman–Crippen LogP) is 3.60. The first kappa shape index (κ1) is 45.6. The van der Waals surface area contributed by atoms with Crippen molar-refractivity contribution in [1.82, 2.24) is 50.5 Å². The van der Waals surface area contributed by atoms with Gasteiger partial charge < -0.3 is 46.5 Å². The van der Waals surface area contributed by atoms with Gasteiger partial charge in [0, 0.05) is 48.8 Å². The van der Waals surface area contributed by atoms with Crippen molar-refractivity contribution in [1.29, 1.82) is 0 Å². The number of hydrogen-bond acceptors (Lipinski definition) is 14. The van der Waals surface area contributed by atoms with E-state index >= 15 is 0 Å². The number of carbonyl (C=O) groups is 7. The van der Waals surface area contributed by atoms with Crippen LogP contribution in [0.2, 0.25) is 0 Å². The van der Waals surface area contributed by atoms with Crippen LogP contribution in [-0.4, -0.2) is 88.9 Å². The molecule has 7 N–H and O–H groups in total. The number of aromatic nitrogens is 6. The minimum Gasteiger partial charge on any atom is -0.482 e. The van der Waals surface area contributed by atoms with Crippen LogP contribution < -0.4 is 41.4 Å². The number of benzene rings is 3. The van der Waals surface area contributed by atoms with Crippen molar-refractivity contribution < 1.29 is 48.1 Å². The number of aromatic carboxylic acids is 1. The highest BCUT2D eigenvalue weighted by molar-refractivity contribution is 7.13. The molecule has 6 amide bonds. The van der Waals surface area contributed by atoms with Crippen LogP contribution in [-0.2, 0) is 35.8 Å². The van der Waals surface area contributed by atoms with Crippen molar-refractivity contribution in [2.24, 2.45) is 0 Å². The summed E-state index contributed by atoms with van der Waals surface area (Å²) in [6, 6.07) is 29.0. The second kappa shape index (κ2) is 20.2. The fraction of sp³-hybridized carbons (Fsp3) is 0.128. The van der Waals surface area contributed by atoms with Crippen molar-refractivity contribution in [2.45, 2.75) is 26.2 Å². The summed E-state index contributed by atoms with van der Waals surface area (Å²) < 4.78 is 13.4. The summed E-state index contributed by atoms with van der Waals surface area (Å²) in [5.74, 6) is -2.22. The molecule has 7 heterocycles. The number of carboxylic acid groups (broad SMARTS) is 1. The van der Waals surface area contributed by atoms with Crippen molar-refractivity contribution in [3.8, 4) is 11.5 Å². The highest BCUT2D eigenvalue weighted by atomic mass is 32.1. The van der Waals surface area contributed by atoms with E-state index < -0.39 is 23.7 Å². The summed E-state index contributed by atoms with van der Waals surface area (Å²) in [6.07, 6.45) is 2.98. The number of rotatable bonds is 13. The van der Waals surface area contributed by atoms with E-state index in [0.717, 1.165) is 28.0 Å². The molecular formula is C47H38N12O10S. The third kappa shape index (κ3) is 10.5. The number of nitrogens with zero attached hydrogens (tertiary/aromatic N) is 6. The first-order valence-electron chi connectivity index (χ1n) is 21.2. The van der Waals surface area contributed by atoms with Gasteiger partial charge in [0.05, 0.1) is 30.3 Å². The molecule has 8 aromatic rings. The van der Waals surface area contributed by atoms with E-state index in [-0.39, 0.29) is 78.2 Å². The van der Waals surface area contributed by atoms with Crippen LogP contribution in [0, 0.1) is 0 Å². The van der Waals surface area contributed by atoms with Crippen LogP contribution in [0.25, 0.3) is 11.3 Å². The highest BCUT2D eigenvalue weighted by Gasteiger charge is 2.22. The summed E-state index contributed by atoms with van der Waals surface area (Å²) in [7, 11) is 0. The number of anilines is 2. The van der Waals surface area contributed by atoms with Crippen LogP contribution in [0.4, 0.5) is 11.4 Å². The van der Waals surface area contributed by atoms with Crippen LogP contribution in [0.3, 0.4) is 0 Å². The molecule has 2 aliphatic rings. The first-order chi connectivity index (χ1) is 33.9. The van der Waals surface area contributed by atoms with Gasteiger partial charge in [-0.1, -0.05) is 42.5 Å². The molecule has 2 aliphatic heterocycles. The first-order valence-corrected chi connectivity index (χ1v) is 22.0. The third-order valence-electron chi connectivity index (χ3n) is 10.5. The van der Waals surface area contributed by atoms with Crippen LogP contribution in [0.1, 0.15) is 73.2 Å². The molecule has 0 aliphatic carbocycles. The summed E-state index contributed by atoms with van der Waals surface area (Å²) in [5, 5.41) is 33.9. The average Bonchev–Trinajstić information content (AvgIpc) is 4.18. The van der Waals surface area contributed by atoms with Gasteiger partial charge in [-0.3, -0.25) is 28.8 Å². The Hall–Kier alpha value is -9.51. The maximum Gasteiger partial charge on any atom is 0.345 e. The molecule has 0 atom stereocenters. The molecule has 23 heteroatoms. The Bertz CT molecular complexity index is 3370. The minimum absolute atomic E-state index is 0.0204. The van der Waals surface area contributed by atoms with Gasteiger partial charge >= 0.3 is 5.97 Å². The molecule has 0 fully saturated rings. The van der Waals surface area contributed by atoms with E-state index in [1.165, 1.54) is 39.6 Å². The van der Waals surface area contributed by atoms with Crippen molar-refractivity contribution in [3.05, 3.63) is 165 Å². The Morgan fingerprint density at radius 1 is 0.571 bits per heavy atom. The molecule has 70 heavy (non-hydrogen) atoms. The minimum atomic E-state index is -1.03. The predicted molar refractivity (Wildman–Crippen MR) is 250 cm³/mol. The molecule has 0 saturated carbocycles. The van der Waals surface area contributed by atoms with Gasteiger partial charge in [-0.15, -0.1) is 11.3 Å². The average molecular weight is 963 g/mol. The number of fused-ring (bicyclic) bond motifs is 4. The molecule has 10 rings (SSSR count). The number of thiophene rings is 1. The largest absolute Gasteiger partial charge is 0.482 e. The Morgan fingerprint density at radius 2 is 1.06 bits per heavy atom. The van der Waals surface area contributed by atoms with Crippen LogP contribution >= 0.6 is 11.3 Å². The van der Waals surface area contributed by atoms with Gasteiger partial charge in [-0.05, 0) is 53.1 Å². The van der Waals surface area contributed by atoms with E-state index in [1.807, 2.05) is 30.3 Å². The number of hydrogen-bond donors (Lipinski definition) is 7. The quantitative estimate of drug-likeness (QED) is 0.0870. The summed E-state index contributed by atoms with van der Waals surface area (Å²) in [5.41, 5.74) is 4.62. The topological polar surface area (TPSA) is 291 Å². The van der Waals surface area contributed by atoms with E-state index in [9.17, 15) is 33.6 Å². The molecule has 3 aromatic carbocycles. The molecule has 0 unspecified atom stereocenters. The normalized spacial score (nSPS) is 12.4. The lowest BCUT2D eigenvalue weighted by Gasteiger charge is -2.18. The highest BCUT2D eigenvalue weighted by Crippen LogP contribution is 2.29. The van der Waals surface area contributed by atoms with Gasteiger partial charge in [0.2, 0.25) is 0 Å². The lowest BCUT2D eigenvalue weighted by Crippen LogP contribution is -2.28. The van der Waals surface area contributed by atoms with E-state index in [4.69, 9.17) is 14.6 Å². The third-order valence-corrected chi connectivity index (χ3v) is 11.6. The molecule has 22 nitrogen and oxygen atoms in total. The molecule has 5 aromatic heterocycles. The standard InChI is InChI=1S/C24H20N6O4.C23H18N6O6S/c31-22-14-34-20-7-6-16(10-17(20)29-22)13-25-23(32)18-11-19(30-21(28-18)8-9-27-30)24(33)26-12-15-4-2-1-3-5-15;30-20-11-35-17-3-1-12(7-14(17)28-20)9-24-21(31)15-8-16(29-19(27-15)5-6-26-29)22(32)25-10-13-2-4-18(36-13)23(33)34/h1-11H,12-14H2,(H,25,32)(H,26,33)(H,29,31);1-8H,9-11H2,(H,24,31)(H,25,32)(H,28,30)(H,33,34). The molecule has 0 bridgehead atoms. The smallest absolute Gasteiger partial charge is 0.345 e. The molecule has 0 radical (unpaired) electrons. The van der Waals surface area contributed by atoms with Crippen molar-refractivity contribution in [3.63, 3.8) is 0 Å². The zero-order valence-electron chi connectivity index (χ0n) is 36.4. The lowest BCUT2D eigenvalue weighted by molar-refractivity contribution is -0.119. The fourth-order valence-corrected chi connectivity index (χ4v) is 7.91. The second-order valence-corrected chi connectivity index (χ2v) is 16.5. The van der Waals surface area contributed by atoms with E-state index in [0.29, 0.717) is 45.6 Å². The molecule has 0 spiro atoms. The zero-order chi connectivity index (χ0) is 48.7. The Morgan fingerprint density at radius 3 is 1.56 bits per heavy atom.